The summed E-state index contributed by atoms with van der Waals surface area (Å²) in [5, 5.41) is 4.01. The Labute approximate surface area is 162 Å². The highest BCUT2D eigenvalue weighted by molar-refractivity contribution is 9.10. The fraction of sp³-hybridized carbons (Fsp3) is 0.300. The van der Waals surface area contributed by atoms with Crippen molar-refractivity contribution in [1.29, 1.82) is 0 Å². The van der Waals surface area contributed by atoms with Gasteiger partial charge in [0, 0.05) is 10.0 Å². The molecule has 0 saturated heterocycles. The maximum absolute atomic E-state index is 12.0. The van der Waals surface area contributed by atoms with E-state index in [-0.39, 0.29) is 5.91 Å². The zero-order valence-electron chi connectivity index (χ0n) is 15.0. The summed E-state index contributed by atoms with van der Waals surface area (Å²) in [6.45, 7) is 5.25. The Morgan fingerprint density at radius 3 is 2.58 bits per heavy atom. The Hall–Kier alpha value is -2.34. The Morgan fingerprint density at radius 1 is 1.12 bits per heavy atom. The second-order valence-corrected chi connectivity index (χ2v) is 6.46. The van der Waals surface area contributed by atoms with E-state index < -0.39 is 0 Å². The van der Waals surface area contributed by atoms with Crippen molar-refractivity contribution in [3.63, 3.8) is 0 Å². The molecular formula is C20H23BrN2O3. The fourth-order valence-corrected chi connectivity index (χ4v) is 2.41. The highest BCUT2D eigenvalue weighted by atomic mass is 79.9. The van der Waals surface area contributed by atoms with Gasteiger partial charge in [-0.2, -0.15) is 5.10 Å². The lowest BCUT2D eigenvalue weighted by Gasteiger charge is -2.12. The van der Waals surface area contributed by atoms with Gasteiger partial charge in [-0.3, -0.25) is 4.79 Å². The van der Waals surface area contributed by atoms with Crippen molar-refractivity contribution in [2.24, 2.45) is 5.10 Å². The lowest BCUT2D eigenvalue weighted by molar-refractivity contribution is 0.0955. The third kappa shape index (κ3) is 6.19. The van der Waals surface area contributed by atoms with Crippen LogP contribution in [0.1, 0.15) is 42.6 Å². The van der Waals surface area contributed by atoms with Gasteiger partial charge < -0.3 is 9.47 Å². The van der Waals surface area contributed by atoms with E-state index in [0.29, 0.717) is 24.5 Å². The molecule has 1 N–H and O–H groups in total. The van der Waals surface area contributed by atoms with Crippen molar-refractivity contribution in [3.8, 4) is 11.5 Å². The van der Waals surface area contributed by atoms with E-state index in [4.69, 9.17) is 9.47 Å². The molecule has 0 heterocycles. The second-order valence-electron chi connectivity index (χ2n) is 5.55. The standard InChI is InChI=1S/C20H23BrN2O3/c1-3-5-12-26-18-11-6-15(13-19(18)25-4-2)14-22-23-20(24)16-7-9-17(21)10-8-16/h6-11,13-14H,3-5,12H2,1-2H3,(H,23,24). The number of hydrogen-bond donors (Lipinski definition) is 1. The highest BCUT2D eigenvalue weighted by Gasteiger charge is 2.06. The molecule has 26 heavy (non-hydrogen) atoms. The molecule has 0 aromatic heterocycles. The number of carbonyl (C=O) groups is 1. The molecule has 0 unspecified atom stereocenters. The van der Waals surface area contributed by atoms with Crippen LogP contribution in [0.2, 0.25) is 0 Å². The zero-order chi connectivity index (χ0) is 18.8. The molecule has 5 nitrogen and oxygen atoms in total. The van der Waals surface area contributed by atoms with E-state index in [1.54, 1.807) is 18.3 Å². The van der Waals surface area contributed by atoms with E-state index in [1.165, 1.54) is 0 Å². The number of hydrazone groups is 1. The maximum atomic E-state index is 12.0. The predicted octanol–water partition coefficient (Wildman–Crippen LogP) is 4.79. The summed E-state index contributed by atoms with van der Waals surface area (Å²) in [4.78, 5) is 12.0. The molecule has 0 spiro atoms. The normalized spacial score (nSPS) is 10.7. The van der Waals surface area contributed by atoms with Crippen LogP contribution >= 0.6 is 15.9 Å². The number of carbonyl (C=O) groups excluding carboxylic acids is 1. The summed E-state index contributed by atoms with van der Waals surface area (Å²) in [6.07, 6.45) is 3.65. The van der Waals surface area contributed by atoms with Crippen LogP contribution in [0.25, 0.3) is 0 Å². The zero-order valence-corrected chi connectivity index (χ0v) is 16.6. The average Bonchev–Trinajstić information content (AvgIpc) is 2.64. The number of halogens is 1. The maximum Gasteiger partial charge on any atom is 0.271 e. The first-order chi connectivity index (χ1) is 12.6. The van der Waals surface area contributed by atoms with Gasteiger partial charge in [-0.25, -0.2) is 5.43 Å². The first-order valence-electron chi connectivity index (χ1n) is 8.62. The summed E-state index contributed by atoms with van der Waals surface area (Å²) in [5.74, 6) is 1.13. The lowest BCUT2D eigenvalue weighted by Crippen LogP contribution is -2.17. The summed E-state index contributed by atoms with van der Waals surface area (Å²) in [6, 6.07) is 12.7. The molecule has 0 atom stereocenters. The Morgan fingerprint density at radius 2 is 1.88 bits per heavy atom. The van der Waals surface area contributed by atoms with Gasteiger partial charge >= 0.3 is 0 Å². The SMILES string of the molecule is CCCCOc1ccc(C=NNC(=O)c2ccc(Br)cc2)cc1OCC. The van der Waals surface area contributed by atoms with Gasteiger partial charge in [0.1, 0.15) is 0 Å². The third-order valence-corrected chi connectivity index (χ3v) is 4.04. The molecule has 0 aliphatic heterocycles. The lowest BCUT2D eigenvalue weighted by atomic mass is 10.2. The minimum Gasteiger partial charge on any atom is -0.490 e. The van der Waals surface area contributed by atoms with Crippen LogP contribution in [0.4, 0.5) is 0 Å². The number of nitrogens with zero attached hydrogens (tertiary/aromatic N) is 1. The van der Waals surface area contributed by atoms with Gasteiger partial charge in [-0.1, -0.05) is 29.3 Å². The van der Waals surface area contributed by atoms with E-state index in [9.17, 15) is 4.79 Å². The summed E-state index contributed by atoms with van der Waals surface area (Å²) in [7, 11) is 0. The fourth-order valence-electron chi connectivity index (χ4n) is 2.15. The molecule has 0 bridgehead atoms. The Bertz CT molecular complexity index is 745. The predicted molar refractivity (Wildman–Crippen MR) is 107 cm³/mol. The average molecular weight is 419 g/mol. The topological polar surface area (TPSA) is 59.9 Å². The molecule has 0 fully saturated rings. The van der Waals surface area contributed by atoms with Crippen LogP contribution in [0.15, 0.2) is 52.0 Å². The van der Waals surface area contributed by atoms with Gasteiger partial charge in [0.2, 0.25) is 0 Å². The molecule has 0 aliphatic carbocycles. The van der Waals surface area contributed by atoms with Gasteiger partial charge in [-0.05, 0) is 61.4 Å². The van der Waals surface area contributed by atoms with Crippen LogP contribution in [0.3, 0.4) is 0 Å². The molecular weight excluding hydrogens is 396 g/mol. The van der Waals surface area contributed by atoms with E-state index in [1.807, 2.05) is 37.3 Å². The van der Waals surface area contributed by atoms with Gasteiger partial charge in [0.05, 0.1) is 19.4 Å². The first kappa shape index (κ1) is 20.0. The minimum atomic E-state index is -0.265. The van der Waals surface area contributed by atoms with Gasteiger partial charge in [-0.15, -0.1) is 0 Å². The molecule has 2 rings (SSSR count). The number of rotatable bonds is 9. The molecule has 1 amide bonds. The van der Waals surface area contributed by atoms with Crippen molar-refractivity contribution in [2.45, 2.75) is 26.7 Å². The molecule has 0 saturated carbocycles. The van der Waals surface area contributed by atoms with E-state index >= 15 is 0 Å². The van der Waals surface area contributed by atoms with E-state index in [2.05, 4.69) is 33.4 Å². The summed E-state index contributed by atoms with van der Waals surface area (Å²) in [5.41, 5.74) is 3.87. The monoisotopic (exact) mass is 418 g/mol. The first-order valence-corrected chi connectivity index (χ1v) is 9.42. The molecule has 6 heteroatoms. The molecule has 0 aliphatic rings. The Balaban J connectivity index is 2.01. The summed E-state index contributed by atoms with van der Waals surface area (Å²) < 4.78 is 12.3. The molecule has 0 radical (unpaired) electrons. The van der Waals surface area contributed by atoms with Crippen molar-refractivity contribution in [1.82, 2.24) is 5.43 Å². The minimum absolute atomic E-state index is 0.265. The molecule has 138 valence electrons. The van der Waals surface area contributed by atoms with Crippen molar-refractivity contribution in [3.05, 3.63) is 58.1 Å². The summed E-state index contributed by atoms with van der Waals surface area (Å²) >= 11 is 3.34. The molecule has 2 aromatic carbocycles. The van der Waals surface area contributed by atoms with Crippen molar-refractivity contribution >= 4 is 28.1 Å². The smallest absolute Gasteiger partial charge is 0.271 e. The number of hydrogen-bond acceptors (Lipinski definition) is 4. The number of nitrogens with one attached hydrogen (secondary N) is 1. The molecule has 2 aromatic rings. The van der Waals surface area contributed by atoms with Crippen LogP contribution < -0.4 is 14.9 Å². The number of ether oxygens (including phenoxy) is 2. The van der Waals surface area contributed by atoms with Gasteiger partial charge in [0.25, 0.3) is 5.91 Å². The quantitative estimate of drug-likeness (QED) is 0.361. The number of benzene rings is 2. The van der Waals surface area contributed by atoms with E-state index in [0.717, 1.165) is 28.6 Å². The largest absolute Gasteiger partial charge is 0.490 e. The third-order valence-electron chi connectivity index (χ3n) is 3.51. The number of unbranched alkanes of at least 4 members (excludes halogenated alkanes) is 1. The van der Waals surface area contributed by atoms with Crippen LogP contribution in [0.5, 0.6) is 11.5 Å². The van der Waals surface area contributed by atoms with Crippen molar-refractivity contribution < 1.29 is 14.3 Å². The van der Waals surface area contributed by atoms with Crippen LogP contribution in [0, 0.1) is 0 Å². The van der Waals surface area contributed by atoms with Crippen LogP contribution in [-0.2, 0) is 0 Å². The van der Waals surface area contributed by atoms with Gasteiger partial charge in [0.15, 0.2) is 11.5 Å². The second kappa shape index (κ2) is 10.6. The van der Waals surface area contributed by atoms with Crippen molar-refractivity contribution in [2.75, 3.05) is 13.2 Å². The highest BCUT2D eigenvalue weighted by Crippen LogP contribution is 2.28. The van der Waals surface area contributed by atoms with Crippen LogP contribution in [-0.4, -0.2) is 25.3 Å². The number of amides is 1. The Kier molecular flexibility index (Phi) is 8.15.